The van der Waals surface area contributed by atoms with E-state index in [-0.39, 0.29) is 0 Å². The Morgan fingerprint density at radius 2 is 2.24 bits per heavy atom. The van der Waals surface area contributed by atoms with E-state index in [9.17, 15) is 0 Å². The lowest BCUT2D eigenvalue weighted by Gasteiger charge is -2.22. The van der Waals surface area contributed by atoms with Gasteiger partial charge in [-0.3, -0.25) is 4.99 Å². The first kappa shape index (κ1) is 18.4. The lowest BCUT2D eigenvalue weighted by molar-refractivity contribution is 0.461. The second-order valence-electron chi connectivity index (χ2n) is 5.05. The summed E-state index contributed by atoms with van der Waals surface area (Å²) in [5.74, 6) is 2.21. The van der Waals surface area contributed by atoms with Gasteiger partial charge < -0.3 is 14.8 Å². The SMILES string of the molecule is CCNC(=NCCCCSC)N(C)Cc1cc(Br)cn1C. The molecule has 1 rings (SSSR count). The zero-order valence-corrected chi connectivity index (χ0v) is 15.9. The van der Waals surface area contributed by atoms with Crippen molar-refractivity contribution >= 4 is 33.7 Å². The van der Waals surface area contributed by atoms with Crippen molar-refractivity contribution in [2.75, 3.05) is 32.1 Å². The van der Waals surface area contributed by atoms with Crippen LogP contribution in [0, 0.1) is 0 Å². The summed E-state index contributed by atoms with van der Waals surface area (Å²) in [5, 5.41) is 3.37. The van der Waals surface area contributed by atoms with E-state index in [0.717, 1.165) is 36.5 Å². The predicted octanol–water partition coefficient (Wildman–Crippen LogP) is 3.33. The molecule has 0 aliphatic heterocycles. The van der Waals surface area contributed by atoms with Crippen LogP contribution < -0.4 is 5.32 Å². The third kappa shape index (κ3) is 6.78. The fourth-order valence-corrected chi connectivity index (χ4v) is 3.12. The summed E-state index contributed by atoms with van der Waals surface area (Å²) in [7, 11) is 4.16. The summed E-state index contributed by atoms with van der Waals surface area (Å²) in [5.41, 5.74) is 1.26. The number of hydrogen-bond acceptors (Lipinski definition) is 2. The average Bonchev–Trinajstić information content (AvgIpc) is 2.75. The van der Waals surface area contributed by atoms with Crippen LogP contribution >= 0.6 is 27.7 Å². The fourth-order valence-electron chi connectivity index (χ4n) is 2.05. The second-order valence-corrected chi connectivity index (χ2v) is 6.95. The van der Waals surface area contributed by atoms with Gasteiger partial charge in [-0.15, -0.1) is 0 Å². The molecule has 1 aromatic rings. The maximum atomic E-state index is 4.72. The molecule has 0 unspecified atom stereocenters. The molecule has 0 saturated carbocycles. The third-order valence-electron chi connectivity index (χ3n) is 3.19. The smallest absolute Gasteiger partial charge is 0.194 e. The number of nitrogens with zero attached hydrogens (tertiary/aromatic N) is 3. The third-order valence-corrected chi connectivity index (χ3v) is 4.32. The first-order valence-corrected chi connectivity index (χ1v) is 9.56. The van der Waals surface area contributed by atoms with E-state index in [0.29, 0.717) is 0 Å². The minimum atomic E-state index is 0.846. The first-order chi connectivity index (χ1) is 10.1. The largest absolute Gasteiger partial charge is 0.357 e. The fraction of sp³-hybridized carbons (Fsp3) is 0.667. The molecule has 0 fully saturated rings. The number of aliphatic imine (C=N–C) groups is 1. The molecule has 0 radical (unpaired) electrons. The molecule has 0 atom stereocenters. The second kappa shape index (κ2) is 10.2. The minimum absolute atomic E-state index is 0.846. The van der Waals surface area contributed by atoms with E-state index < -0.39 is 0 Å². The van der Waals surface area contributed by atoms with E-state index in [4.69, 9.17) is 4.99 Å². The van der Waals surface area contributed by atoms with Gasteiger partial charge in [0.2, 0.25) is 0 Å². The molecule has 1 aromatic heterocycles. The Balaban J connectivity index is 2.57. The van der Waals surface area contributed by atoms with Gasteiger partial charge in [0, 0.05) is 43.5 Å². The monoisotopic (exact) mass is 374 g/mol. The Kier molecular flexibility index (Phi) is 8.92. The van der Waals surface area contributed by atoms with Crippen molar-refractivity contribution in [3.05, 3.63) is 22.4 Å². The molecule has 1 heterocycles. The topological polar surface area (TPSA) is 32.6 Å². The molecule has 120 valence electrons. The zero-order valence-electron chi connectivity index (χ0n) is 13.5. The van der Waals surface area contributed by atoms with Gasteiger partial charge in [0.15, 0.2) is 5.96 Å². The number of nitrogens with one attached hydrogen (secondary N) is 1. The molecule has 0 aliphatic rings. The van der Waals surface area contributed by atoms with Crippen molar-refractivity contribution < 1.29 is 0 Å². The van der Waals surface area contributed by atoms with Crippen LogP contribution in [-0.2, 0) is 13.6 Å². The van der Waals surface area contributed by atoms with Gasteiger partial charge in [0.25, 0.3) is 0 Å². The van der Waals surface area contributed by atoms with Crippen LogP contribution in [0.3, 0.4) is 0 Å². The summed E-state index contributed by atoms with van der Waals surface area (Å²) in [6.07, 6.45) is 6.62. The summed E-state index contributed by atoms with van der Waals surface area (Å²) in [6.45, 7) is 4.74. The number of aryl methyl sites for hydroxylation is 1. The number of unbranched alkanes of at least 4 members (excludes halogenated alkanes) is 1. The molecule has 0 aromatic carbocycles. The van der Waals surface area contributed by atoms with E-state index >= 15 is 0 Å². The van der Waals surface area contributed by atoms with Crippen LogP contribution in [0.4, 0.5) is 0 Å². The van der Waals surface area contributed by atoms with Crippen LogP contribution in [0.5, 0.6) is 0 Å². The number of thioether (sulfide) groups is 1. The van der Waals surface area contributed by atoms with Crippen molar-refractivity contribution in [3.63, 3.8) is 0 Å². The summed E-state index contributed by atoms with van der Waals surface area (Å²) in [6, 6.07) is 2.15. The Bertz CT molecular complexity index is 445. The molecule has 0 aliphatic carbocycles. The van der Waals surface area contributed by atoms with E-state index in [1.807, 2.05) is 11.8 Å². The molecule has 0 spiro atoms. The van der Waals surface area contributed by atoms with Gasteiger partial charge in [-0.05, 0) is 53.8 Å². The standard InChI is InChI=1S/C15H27BrN4S/c1-5-17-15(18-8-6-7-9-21-4)20(3)12-14-10-13(16)11-19(14)2/h10-11H,5-9,12H2,1-4H3,(H,17,18). The quantitative estimate of drug-likeness (QED) is 0.430. The van der Waals surface area contributed by atoms with Crippen LogP contribution in [0.15, 0.2) is 21.7 Å². The summed E-state index contributed by atoms with van der Waals surface area (Å²) in [4.78, 5) is 6.90. The van der Waals surface area contributed by atoms with Gasteiger partial charge in [-0.1, -0.05) is 0 Å². The van der Waals surface area contributed by atoms with Gasteiger partial charge in [0.05, 0.1) is 6.54 Å². The highest BCUT2D eigenvalue weighted by atomic mass is 79.9. The zero-order chi connectivity index (χ0) is 15.7. The molecule has 6 heteroatoms. The van der Waals surface area contributed by atoms with E-state index in [2.05, 4.69) is 70.3 Å². The minimum Gasteiger partial charge on any atom is -0.357 e. The molecule has 4 nitrogen and oxygen atoms in total. The van der Waals surface area contributed by atoms with Crippen molar-refractivity contribution in [1.82, 2.24) is 14.8 Å². The summed E-state index contributed by atoms with van der Waals surface area (Å²) < 4.78 is 3.26. The highest BCUT2D eigenvalue weighted by molar-refractivity contribution is 9.10. The van der Waals surface area contributed by atoms with Crippen molar-refractivity contribution in [2.24, 2.45) is 12.0 Å². The normalized spacial score (nSPS) is 11.8. The van der Waals surface area contributed by atoms with Crippen molar-refractivity contribution in [2.45, 2.75) is 26.3 Å². The van der Waals surface area contributed by atoms with Crippen LogP contribution in [-0.4, -0.2) is 47.6 Å². The van der Waals surface area contributed by atoms with E-state index in [1.54, 1.807) is 0 Å². The molecule has 0 amide bonds. The van der Waals surface area contributed by atoms with Gasteiger partial charge in [0.1, 0.15) is 0 Å². The molecular formula is C15H27BrN4S. The Labute approximate surface area is 141 Å². The number of aromatic nitrogens is 1. The molecule has 21 heavy (non-hydrogen) atoms. The molecule has 0 bridgehead atoms. The van der Waals surface area contributed by atoms with Crippen LogP contribution in [0.25, 0.3) is 0 Å². The number of hydrogen-bond donors (Lipinski definition) is 1. The highest BCUT2D eigenvalue weighted by Crippen LogP contribution is 2.15. The van der Waals surface area contributed by atoms with Crippen LogP contribution in [0.1, 0.15) is 25.5 Å². The van der Waals surface area contributed by atoms with Crippen molar-refractivity contribution in [1.29, 1.82) is 0 Å². The van der Waals surface area contributed by atoms with Crippen LogP contribution in [0.2, 0.25) is 0 Å². The maximum absolute atomic E-state index is 4.72. The average molecular weight is 375 g/mol. The molecular weight excluding hydrogens is 348 g/mol. The number of halogens is 1. The number of rotatable bonds is 8. The molecule has 0 saturated heterocycles. The van der Waals surface area contributed by atoms with Gasteiger partial charge in [-0.2, -0.15) is 11.8 Å². The maximum Gasteiger partial charge on any atom is 0.194 e. The van der Waals surface area contributed by atoms with E-state index in [1.165, 1.54) is 17.9 Å². The summed E-state index contributed by atoms with van der Waals surface area (Å²) >= 11 is 5.42. The lowest BCUT2D eigenvalue weighted by Crippen LogP contribution is -2.38. The predicted molar refractivity (Wildman–Crippen MR) is 98.2 cm³/mol. The Morgan fingerprint density at radius 1 is 1.48 bits per heavy atom. The Morgan fingerprint density at radius 3 is 2.81 bits per heavy atom. The van der Waals surface area contributed by atoms with Crippen molar-refractivity contribution in [3.8, 4) is 0 Å². The number of guanidine groups is 1. The highest BCUT2D eigenvalue weighted by Gasteiger charge is 2.09. The Hall–Kier alpha value is -0.620. The van der Waals surface area contributed by atoms with Gasteiger partial charge >= 0.3 is 0 Å². The van der Waals surface area contributed by atoms with Gasteiger partial charge in [-0.25, -0.2) is 0 Å². The first-order valence-electron chi connectivity index (χ1n) is 7.37. The lowest BCUT2D eigenvalue weighted by atomic mass is 10.3. The molecule has 1 N–H and O–H groups in total.